The van der Waals surface area contributed by atoms with Gasteiger partial charge < -0.3 is 4.42 Å². The number of benzene rings is 6. The first kappa shape index (κ1) is 18.5. The van der Waals surface area contributed by atoms with E-state index in [-0.39, 0.29) is 0 Å². The summed E-state index contributed by atoms with van der Waals surface area (Å²) in [6.07, 6.45) is 0. The second-order valence-electron chi connectivity index (χ2n) is 9.04. The standard InChI is InChI=1S/C32H22O/c1-19-8-7-9-20(2)30(19)21-14-15-25-28-17-16-27-24-12-4-3-10-22(24)23-11-5-6-13-26(23)31(27)32(28)33-29(25)18-21/h3-18H,1-2H3. The SMILES string of the molecule is Cc1cccc(C)c1-c1ccc2c(c1)oc1c2ccc2c3ccccc3c3ccccc3c21. The minimum Gasteiger partial charge on any atom is -0.455 e. The van der Waals surface area contributed by atoms with Crippen molar-refractivity contribution in [2.75, 3.05) is 0 Å². The Hall–Kier alpha value is -4.10. The first-order chi connectivity index (χ1) is 16.2. The smallest absolute Gasteiger partial charge is 0.143 e. The number of hydrogen-bond acceptors (Lipinski definition) is 1. The van der Waals surface area contributed by atoms with E-state index in [1.54, 1.807) is 0 Å². The Kier molecular flexibility index (Phi) is 3.75. The van der Waals surface area contributed by atoms with Gasteiger partial charge in [0.05, 0.1) is 0 Å². The van der Waals surface area contributed by atoms with Crippen molar-refractivity contribution in [2.24, 2.45) is 0 Å². The lowest BCUT2D eigenvalue weighted by Crippen LogP contribution is -1.87. The molecule has 0 saturated heterocycles. The van der Waals surface area contributed by atoms with Crippen molar-refractivity contribution in [3.63, 3.8) is 0 Å². The summed E-state index contributed by atoms with van der Waals surface area (Å²) in [4.78, 5) is 0. The van der Waals surface area contributed by atoms with E-state index in [2.05, 4.69) is 111 Å². The monoisotopic (exact) mass is 422 g/mol. The Morgan fingerprint density at radius 1 is 0.485 bits per heavy atom. The van der Waals surface area contributed by atoms with E-state index in [4.69, 9.17) is 4.42 Å². The zero-order valence-electron chi connectivity index (χ0n) is 18.6. The van der Waals surface area contributed by atoms with E-state index in [9.17, 15) is 0 Å². The van der Waals surface area contributed by atoms with Crippen LogP contribution in [0.4, 0.5) is 0 Å². The molecule has 0 N–H and O–H groups in total. The van der Waals surface area contributed by atoms with Gasteiger partial charge in [0.15, 0.2) is 0 Å². The molecule has 0 amide bonds. The lowest BCUT2D eigenvalue weighted by Gasteiger charge is -2.10. The fourth-order valence-electron chi connectivity index (χ4n) is 5.65. The maximum atomic E-state index is 6.66. The molecule has 1 heteroatoms. The zero-order valence-corrected chi connectivity index (χ0v) is 18.6. The molecule has 0 atom stereocenters. The van der Waals surface area contributed by atoms with Gasteiger partial charge in [-0.15, -0.1) is 0 Å². The summed E-state index contributed by atoms with van der Waals surface area (Å²) in [6, 6.07) is 35.0. The average Bonchev–Trinajstić information content (AvgIpc) is 3.22. The van der Waals surface area contributed by atoms with Crippen LogP contribution in [0.5, 0.6) is 0 Å². The van der Waals surface area contributed by atoms with Crippen LogP contribution >= 0.6 is 0 Å². The third kappa shape index (κ3) is 2.54. The van der Waals surface area contributed by atoms with Gasteiger partial charge in [-0.05, 0) is 81.2 Å². The van der Waals surface area contributed by atoms with Crippen LogP contribution in [0.15, 0.2) is 101 Å². The van der Waals surface area contributed by atoms with Crippen molar-refractivity contribution >= 4 is 54.3 Å². The van der Waals surface area contributed by atoms with Gasteiger partial charge in [-0.25, -0.2) is 0 Å². The van der Waals surface area contributed by atoms with E-state index in [1.807, 2.05) is 0 Å². The highest BCUT2D eigenvalue weighted by Crippen LogP contribution is 2.42. The predicted molar refractivity (Wildman–Crippen MR) is 141 cm³/mol. The fourth-order valence-corrected chi connectivity index (χ4v) is 5.65. The highest BCUT2D eigenvalue weighted by atomic mass is 16.3. The molecule has 1 heterocycles. The Morgan fingerprint density at radius 3 is 1.73 bits per heavy atom. The first-order valence-corrected chi connectivity index (χ1v) is 11.5. The van der Waals surface area contributed by atoms with E-state index >= 15 is 0 Å². The molecule has 1 aromatic heterocycles. The molecule has 33 heavy (non-hydrogen) atoms. The van der Waals surface area contributed by atoms with Gasteiger partial charge in [0.1, 0.15) is 11.2 Å². The van der Waals surface area contributed by atoms with E-state index in [1.165, 1.54) is 65.3 Å². The van der Waals surface area contributed by atoms with Crippen molar-refractivity contribution < 1.29 is 4.42 Å². The van der Waals surface area contributed by atoms with E-state index < -0.39 is 0 Å². The van der Waals surface area contributed by atoms with E-state index in [0.717, 1.165) is 11.2 Å². The molecule has 0 aliphatic heterocycles. The minimum absolute atomic E-state index is 0.940. The number of fused-ring (bicyclic) bond motifs is 10. The maximum Gasteiger partial charge on any atom is 0.143 e. The molecule has 0 aliphatic carbocycles. The maximum absolute atomic E-state index is 6.66. The quantitative estimate of drug-likeness (QED) is 0.240. The Labute approximate surface area is 191 Å². The molecular weight excluding hydrogens is 400 g/mol. The Bertz CT molecular complexity index is 1830. The number of aryl methyl sites for hydroxylation is 2. The average molecular weight is 423 g/mol. The van der Waals surface area contributed by atoms with Gasteiger partial charge in [-0.1, -0.05) is 78.9 Å². The van der Waals surface area contributed by atoms with E-state index in [0.29, 0.717) is 0 Å². The molecule has 0 radical (unpaired) electrons. The number of furan rings is 1. The van der Waals surface area contributed by atoms with Gasteiger partial charge >= 0.3 is 0 Å². The van der Waals surface area contributed by atoms with Crippen molar-refractivity contribution in [3.8, 4) is 11.1 Å². The van der Waals surface area contributed by atoms with Crippen molar-refractivity contribution in [2.45, 2.75) is 13.8 Å². The topological polar surface area (TPSA) is 13.1 Å². The van der Waals surface area contributed by atoms with Crippen LogP contribution in [-0.4, -0.2) is 0 Å². The molecule has 7 aromatic rings. The fraction of sp³-hybridized carbons (Fsp3) is 0.0625. The number of rotatable bonds is 1. The van der Waals surface area contributed by atoms with Crippen LogP contribution in [0, 0.1) is 13.8 Å². The lowest BCUT2D eigenvalue weighted by molar-refractivity contribution is 0.673. The summed E-state index contributed by atoms with van der Waals surface area (Å²) in [5.74, 6) is 0. The van der Waals surface area contributed by atoms with Crippen LogP contribution in [0.1, 0.15) is 11.1 Å². The van der Waals surface area contributed by atoms with Gasteiger partial charge in [0.25, 0.3) is 0 Å². The van der Waals surface area contributed by atoms with Crippen LogP contribution in [0.25, 0.3) is 65.4 Å². The molecule has 0 aliphatic rings. The summed E-state index contributed by atoms with van der Waals surface area (Å²) in [6.45, 7) is 4.35. The molecule has 0 bridgehead atoms. The highest BCUT2D eigenvalue weighted by molar-refractivity contribution is 6.32. The summed E-state index contributed by atoms with van der Waals surface area (Å²) in [7, 11) is 0. The molecule has 0 spiro atoms. The molecule has 0 saturated carbocycles. The minimum atomic E-state index is 0.940. The van der Waals surface area contributed by atoms with Crippen LogP contribution in [0.3, 0.4) is 0 Å². The van der Waals surface area contributed by atoms with Gasteiger partial charge in [-0.3, -0.25) is 0 Å². The summed E-state index contributed by atoms with van der Waals surface area (Å²) in [5.41, 5.74) is 6.98. The largest absolute Gasteiger partial charge is 0.455 e. The lowest BCUT2D eigenvalue weighted by atomic mass is 9.93. The second kappa shape index (κ2) is 6.70. The molecule has 6 aromatic carbocycles. The summed E-state index contributed by atoms with van der Waals surface area (Å²) in [5, 5.41) is 9.84. The summed E-state index contributed by atoms with van der Waals surface area (Å²) >= 11 is 0. The van der Waals surface area contributed by atoms with Crippen LogP contribution in [-0.2, 0) is 0 Å². The van der Waals surface area contributed by atoms with Crippen LogP contribution < -0.4 is 0 Å². The van der Waals surface area contributed by atoms with Crippen molar-refractivity contribution in [1.82, 2.24) is 0 Å². The summed E-state index contributed by atoms with van der Waals surface area (Å²) < 4.78 is 6.66. The molecule has 1 nitrogen and oxygen atoms in total. The Balaban J connectivity index is 1.63. The van der Waals surface area contributed by atoms with Crippen molar-refractivity contribution in [3.05, 3.63) is 108 Å². The second-order valence-corrected chi connectivity index (χ2v) is 9.04. The normalized spacial score (nSPS) is 11.9. The number of hydrogen-bond donors (Lipinski definition) is 0. The highest BCUT2D eigenvalue weighted by Gasteiger charge is 2.16. The molecule has 156 valence electrons. The molecule has 7 rings (SSSR count). The third-order valence-electron chi connectivity index (χ3n) is 7.12. The first-order valence-electron chi connectivity index (χ1n) is 11.5. The van der Waals surface area contributed by atoms with Crippen molar-refractivity contribution in [1.29, 1.82) is 0 Å². The predicted octanol–water partition coefficient (Wildman–Crippen LogP) is 9.33. The molecule has 0 fully saturated rings. The van der Waals surface area contributed by atoms with Crippen LogP contribution in [0.2, 0.25) is 0 Å². The zero-order chi connectivity index (χ0) is 22.1. The van der Waals surface area contributed by atoms with Gasteiger partial charge in [0.2, 0.25) is 0 Å². The third-order valence-corrected chi connectivity index (χ3v) is 7.12. The van der Waals surface area contributed by atoms with Gasteiger partial charge in [-0.2, -0.15) is 0 Å². The van der Waals surface area contributed by atoms with Gasteiger partial charge in [0, 0.05) is 16.2 Å². The molecule has 0 unspecified atom stereocenters. The molecular formula is C32H22O. The Morgan fingerprint density at radius 2 is 1.03 bits per heavy atom.